The predicted octanol–water partition coefficient (Wildman–Crippen LogP) is 4.77. The molecule has 168 valence electrons. The third kappa shape index (κ3) is 5.78. The van der Waals surface area contributed by atoms with Crippen molar-refractivity contribution in [2.45, 2.75) is 38.4 Å². The molecule has 0 N–H and O–H groups in total. The lowest BCUT2D eigenvalue weighted by molar-refractivity contribution is -0.137. The molecule has 0 bridgehead atoms. The van der Waals surface area contributed by atoms with Crippen molar-refractivity contribution in [3.63, 3.8) is 0 Å². The summed E-state index contributed by atoms with van der Waals surface area (Å²) in [5.41, 5.74) is 1.23. The van der Waals surface area contributed by atoms with Crippen LogP contribution in [0, 0.1) is 0 Å². The van der Waals surface area contributed by atoms with Crippen LogP contribution in [0.3, 0.4) is 0 Å². The third-order valence-corrected chi connectivity index (χ3v) is 6.23. The average Bonchev–Trinajstić information content (AvgIpc) is 2.70. The summed E-state index contributed by atoms with van der Waals surface area (Å²) < 4.78 is 66.8. The predicted molar refractivity (Wildman–Crippen MR) is 111 cm³/mol. The molecule has 0 fully saturated rings. The Morgan fingerprint density at radius 3 is 2.35 bits per heavy atom. The van der Waals surface area contributed by atoms with E-state index >= 15 is 0 Å². The van der Waals surface area contributed by atoms with Gasteiger partial charge in [0.2, 0.25) is 5.91 Å². The van der Waals surface area contributed by atoms with Gasteiger partial charge in [0.15, 0.2) is 0 Å². The summed E-state index contributed by atoms with van der Waals surface area (Å²) >= 11 is 0. The van der Waals surface area contributed by atoms with Gasteiger partial charge in [0, 0.05) is 19.2 Å². The van der Waals surface area contributed by atoms with E-state index in [1.54, 1.807) is 17.0 Å². The van der Waals surface area contributed by atoms with Crippen LogP contribution in [0.2, 0.25) is 0 Å². The van der Waals surface area contributed by atoms with Gasteiger partial charge in [0.05, 0.1) is 17.4 Å². The Kier molecular flexibility index (Phi) is 6.64. The number of ether oxygens (including phenoxy) is 1. The van der Waals surface area contributed by atoms with Crippen molar-refractivity contribution in [2.24, 2.45) is 0 Å². The molecule has 0 saturated carbocycles. The second-order valence-electron chi connectivity index (χ2n) is 7.63. The molecule has 0 aromatic heterocycles. The Labute approximate surface area is 179 Å². The van der Waals surface area contributed by atoms with E-state index in [1.165, 1.54) is 12.1 Å². The number of hydrogen-bond donors (Lipinski definition) is 0. The van der Waals surface area contributed by atoms with Gasteiger partial charge in [-0.2, -0.15) is 13.2 Å². The first-order chi connectivity index (χ1) is 14.5. The van der Waals surface area contributed by atoms with Crippen LogP contribution in [0.5, 0.6) is 11.5 Å². The van der Waals surface area contributed by atoms with Crippen molar-refractivity contribution in [2.75, 3.05) is 18.6 Å². The van der Waals surface area contributed by atoms with Crippen molar-refractivity contribution < 1.29 is 31.1 Å². The highest BCUT2D eigenvalue weighted by atomic mass is 32.2. The second-order valence-corrected chi connectivity index (χ2v) is 9.89. The quantitative estimate of drug-likeness (QED) is 0.630. The molecule has 0 radical (unpaired) electrons. The van der Waals surface area contributed by atoms with Crippen LogP contribution in [-0.2, 0) is 27.2 Å². The summed E-state index contributed by atoms with van der Waals surface area (Å²) in [5.74, 6) is 0.333. The maximum absolute atomic E-state index is 12.7. The first kappa shape index (κ1) is 23.1. The van der Waals surface area contributed by atoms with Crippen LogP contribution in [0.1, 0.15) is 42.5 Å². The lowest BCUT2D eigenvalue weighted by Gasteiger charge is -2.37. The summed E-state index contributed by atoms with van der Waals surface area (Å²) in [6, 6.07) is 9.69. The fourth-order valence-electron chi connectivity index (χ4n) is 3.74. The number of halogens is 3. The van der Waals surface area contributed by atoms with Crippen LogP contribution in [0.4, 0.5) is 13.2 Å². The molecule has 1 aliphatic rings. The average molecular weight is 455 g/mol. The molecule has 0 aliphatic carbocycles. The molecule has 1 heterocycles. The standard InChI is InChI=1S/C22H24F3NO4S/c1-3-20-19-14-18(30-17-8-5-16(6-9-17)22(23,24)25)7-4-15(19)10-12-26(20)21(27)11-13-31(2,28)29/h4-9,14,20H,3,10-13H2,1-2H3. The highest BCUT2D eigenvalue weighted by Gasteiger charge is 2.31. The minimum Gasteiger partial charge on any atom is -0.457 e. The Hall–Kier alpha value is -2.55. The summed E-state index contributed by atoms with van der Waals surface area (Å²) in [6.07, 6.45) is -2.09. The monoisotopic (exact) mass is 455 g/mol. The van der Waals surface area contributed by atoms with E-state index in [0.29, 0.717) is 25.1 Å². The van der Waals surface area contributed by atoms with Crippen LogP contribution >= 0.6 is 0 Å². The zero-order chi connectivity index (χ0) is 22.8. The second kappa shape index (κ2) is 8.90. The van der Waals surface area contributed by atoms with E-state index in [2.05, 4.69) is 0 Å². The Bertz CT molecular complexity index is 1050. The number of amides is 1. The van der Waals surface area contributed by atoms with Gasteiger partial charge >= 0.3 is 6.18 Å². The number of fused-ring (bicyclic) bond motifs is 1. The van der Waals surface area contributed by atoms with E-state index in [-0.39, 0.29) is 29.9 Å². The lowest BCUT2D eigenvalue weighted by Crippen LogP contribution is -2.40. The molecule has 1 unspecified atom stereocenters. The Morgan fingerprint density at radius 2 is 1.77 bits per heavy atom. The number of alkyl halides is 3. The molecule has 0 saturated heterocycles. The van der Waals surface area contributed by atoms with Gasteiger partial charge in [-0.3, -0.25) is 4.79 Å². The van der Waals surface area contributed by atoms with Crippen molar-refractivity contribution in [1.29, 1.82) is 0 Å². The number of benzene rings is 2. The third-order valence-electron chi connectivity index (χ3n) is 5.29. The molecule has 5 nitrogen and oxygen atoms in total. The number of hydrogen-bond acceptors (Lipinski definition) is 4. The van der Waals surface area contributed by atoms with Crippen LogP contribution < -0.4 is 4.74 Å². The number of sulfone groups is 1. The molecule has 0 spiro atoms. The minimum absolute atomic E-state index is 0.0631. The van der Waals surface area contributed by atoms with Gasteiger partial charge in [-0.05, 0) is 60.4 Å². The molecular formula is C22H24F3NO4S. The minimum atomic E-state index is -4.41. The Morgan fingerprint density at radius 1 is 1.13 bits per heavy atom. The number of carbonyl (C=O) groups is 1. The number of nitrogens with zero attached hydrogens (tertiary/aromatic N) is 1. The molecule has 1 amide bonds. The van der Waals surface area contributed by atoms with Crippen molar-refractivity contribution >= 4 is 15.7 Å². The van der Waals surface area contributed by atoms with Gasteiger partial charge in [0.1, 0.15) is 21.3 Å². The summed E-state index contributed by atoms with van der Waals surface area (Å²) in [7, 11) is -3.23. The fraction of sp³-hybridized carbons (Fsp3) is 0.409. The van der Waals surface area contributed by atoms with E-state index < -0.39 is 21.6 Å². The maximum atomic E-state index is 12.7. The van der Waals surface area contributed by atoms with E-state index in [9.17, 15) is 26.4 Å². The van der Waals surface area contributed by atoms with E-state index in [0.717, 1.165) is 29.5 Å². The number of rotatable bonds is 6. The van der Waals surface area contributed by atoms with Crippen LogP contribution in [0.15, 0.2) is 42.5 Å². The topological polar surface area (TPSA) is 63.7 Å². The van der Waals surface area contributed by atoms with Crippen molar-refractivity contribution in [3.05, 3.63) is 59.2 Å². The highest BCUT2D eigenvalue weighted by Crippen LogP contribution is 2.36. The maximum Gasteiger partial charge on any atom is 0.416 e. The Balaban J connectivity index is 1.79. The molecular weight excluding hydrogens is 431 g/mol. The molecule has 31 heavy (non-hydrogen) atoms. The summed E-state index contributed by atoms with van der Waals surface area (Å²) in [4.78, 5) is 14.4. The van der Waals surface area contributed by atoms with Gasteiger partial charge < -0.3 is 9.64 Å². The van der Waals surface area contributed by atoms with Gasteiger partial charge in [-0.1, -0.05) is 13.0 Å². The normalized spacial score (nSPS) is 16.7. The lowest BCUT2D eigenvalue weighted by atomic mass is 9.90. The van der Waals surface area contributed by atoms with Crippen LogP contribution in [0.25, 0.3) is 0 Å². The van der Waals surface area contributed by atoms with E-state index in [4.69, 9.17) is 4.74 Å². The first-order valence-electron chi connectivity index (χ1n) is 9.93. The molecule has 2 aromatic rings. The summed E-state index contributed by atoms with van der Waals surface area (Å²) in [5, 5.41) is 0. The SMILES string of the molecule is CCC1c2cc(Oc3ccc(C(F)(F)F)cc3)ccc2CCN1C(=O)CCS(C)(=O)=O. The molecule has 1 aliphatic heterocycles. The zero-order valence-electron chi connectivity index (χ0n) is 17.3. The molecule has 2 aromatic carbocycles. The van der Waals surface area contributed by atoms with Gasteiger partial charge in [-0.15, -0.1) is 0 Å². The largest absolute Gasteiger partial charge is 0.457 e. The fourth-order valence-corrected chi connectivity index (χ4v) is 4.29. The molecule has 1 atom stereocenters. The van der Waals surface area contributed by atoms with Crippen molar-refractivity contribution in [1.82, 2.24) is 4.90 Å². The highest BCUT2D eigenvalue weighted by molar-refractivity contribution is 7.90. The smallest absolute Gasteiger partial charge is 0.416 e. The molecule has 9 heteroatoms. The van der Waals surface area contributed by atoms with Gasteiger partial charge in [-0.25, -0.2) is 8.42 Å². The van der Waals surface area contributed by atoms with Crippen LogP contribution in [-0.4, -0.2) is 37.8 Å². The van der Waals surface area contributed by atoms with Crippen molar-refractivity contribution in [3.8, 4) is 11.5 Å². The molecule has 3 rings (SSSR count). The number of carbonyl (C=O) groups excluding carboxylic acids is 1. The van der Waals surface area contributed by atoms with E-state index in [1.807, 2.05) is 13.0 Å². The van der Waals surface area contributed by atoms with Gasteiger partial charge in [0.25, 0.3) is 0 Å². The zero-order valence-corrected chi connectivity index (χ0v) is 18.1. The first-order valence-corrected chi connectivity index (χ1v) is 12.0. The summed E-state index contributed by atoms with van der Waals surface area (Å²) in [6.45, 7) is 2.45.